The average Bonchev–Trinajstić information content (AvgIpc) is 2.72. The third-order valence-electron chi connectivity index (χ3n) is 6.38. The van der Waals surface area contributed by atoms with Crippen molar-refractivity contribution in [2.75, 3.05) is 0 Å². The van der Waals surface area contributed by atoms with Crippen molar-refractivity contribution in [2.24, 2.45) is 17.8 Å². The molecule has 0 unspecified atom stereocenters. The molecule has 0 aliphatic heterocycles. The minimum atomic E-state index is -0.769. The van der Waals surface area contributed by atoms with Crippen LogP contribution in [0, 0.1) is 29.1 Å². The standard InChI is InChI=1S/C24H36FNO2/c1-2-3-4-5-7-19-10-14-21(15-11-19)24(27)28-23-16-12-20(13-17-23)8-6-9-22(25)18-26/h6,8-9,19-21,23H,2-5,7,10-17H2,1H3/b8-6+,22-9?/t19-,20?,21-,23?. The van der Waals surface area contributed by atoms with Crippen molar-refractivity contribution in [1.29, 1.82) is 5.26 Å². The number of allylic oxidation sites excluding steroid dienone is 4. The number of ether oxygens (including phenoxy) is 1. The van der Waals surface area contributed by atoms with Gasteiger partial charge in [0.15, 0.2) is 5.83 Å². The summed E-state index contributed by atoms with van der Waals surface area (Å²) in [5.74, 6) is 0.532. The van der Waals surface area contributed by atoms with Crippen LogP contribution in [0.5, 0.6) is 0 Å². The van der Waals surface area contributed by atoms with Gasteiger partial charge in [-0.25, -0.2) is 0 Å². The lowest BCUT2D eigenvalue weighted by molar-refractivity contribution is -0.157. The van der Waals surface area contributed by atoms with Gasteiger partial charge in [0, 0.05) is 0 Å². The number of hydrogen-bond acceptors (Lipinski definition) is 3. The number of rotatable bonds is 9. The van der Waals surface area contributed by atoms with E-state index in [0.717, 1.165) is 44.4 Å². The Morgan fingerprint density at radius 2 is 1.79 bits per heavy atom. The van der Waals surface area contributed by atoms with Crippen LogP contribution in [0.1, 0.15) is 90.4 Å². The number of unbranched alkanes of at least 4 members (excludes halogenated alkanes) is 3. The monoisotopic (exact) mass is 389 g/mol. The van der Waals surface area contributed by atoms with Crippen LogP contribution in [0.2, 0.25) is 0 Å². The first-order valence-corrected chi connectivity index (χ1v) is 11.3. The predicted molar refractivity (Wildman–Crippen MR) is 110 cm³/mol. The summed E-state index contributed by atoms with van der Waals surface area (Å²) in [6.07, 6.45) is 19.4. The van der Waals surface area contributed by atoms with Crippen molar-refractivity contribution in [3.63, 3.8) is 0 Å². The van der Waals surface area contributed by atoms with Gasteiger partial charge in [-0.1, -0.05) is 51.2 Å². The molecular formula is C24H36FNO2. The molecule has 0 bridgehead atoms. The Kier molecular flexibility index (Phi) is 10.3. The van der Waals surface area contributed by atoms with Crippen LogP contribution in [0.4, 0.5) is 4.39 Å². The van der Waals surface area contributed by atoms with E-state index >= 15 is 0 Å². The van der Waals surface area contributed by atoms with E-state index in [2.05, 4.69) is 6.92 Å². The Labute approximate surface area is 170 Å². The van der Waals surface area contributed by atoms with E-state index in [0.29, 0.717) is 5.92 Å². The second-order valence-electron chi connectivity index (χ2n) is 8.55. The summed E-state index contributed by atoms with van der Waals surface area (Å²) in [6, 6.07) is 1.47. The number of halogens is 1. The summed E-state index contributed by atoms with van der Waals surface area (Å²) < 4.78 is 18.6. The fourth-order valence-corrected chi connectivity index (χ4v) is 4.54. The molecule has 2 fully saturated rings. The molecule has 0 aromatic heterocycles. The summed E-state index contributed by atoms with van der Waals surface area (Å²) in [7, 11) is 0. The third kappa shape index (κ3) is 8.17. The molecule has 0 spiro atoms. The van der Waals surface area contributed by atoms with Crippen molar-refractivity contribution in [3.05, 3.63) is 24.1 Å². The zero-order chi connectivity index (χ0) is 20.2. The van der Waals surface area contributed by atoms with Crippen molar-refractivity contribution in [2.45, 2.75) is 96.5 Å². The van der Waals surface area contributed by atoms with Crippen molar-refractivity contribution < 1.29 is 13.9 Å². The van der Waals surface area contributed by atoms with Gasteiger partial charge < -0.3 is 4.74 Å². The van der Waals surface area contributed by atoms with Crippen LogP contribution in [0.3, 0.4) is 0 Å². The molecule has 0 atom stereocenters. The van der Waals surface area contributed by atoms with Gasteiger partial charge in [-0.15, -0.1) is 0 Å². The Bertz CT molecular complexity index is 562. The van der Waals surface area contributed by atoms with Gasteiger partial charge in [0.05, 0.1) is 5.92 Å². The third-order valence-corrected chi connectivity index (χ3v) is 6.38. The van der Waals surface area contributed by atoms with E-state index in [1.165, 1.54) is 57.1 Å². The molecule has 0 heterocycles. The second-order valence-corrected chi connectivity index (χ2v) is 8.55. The van der Waals surface area contributed by atoms with Gasteiger partial charge in [-0.3, -0.25) is 4.79 Å². The van der Waals surface area contributed by atoms with E-state index in [1.807, 2.05) is 6.08 Å². The Morgan fingerprint density at radius 3 is 2.43 bits per heavy atom. The van der Waals surface area contributed by atoms with Crippen LogP contribution >= 0.6 is 0 Å². The van der Waals surface area contributed by atoms with Gasteiger partial charge >= 0.3 is 5.97 Å². The molecule has 0 aromatic rings. The van der Waals surface area contributed by atoms with Crippen LogP contribution in [0.15, 0.2) is 24.1 Å². The van der Waals surface area contributed by atoms with E-state index in [1.54, 1.807) is 6.08 Å². The van der Waals surface area contributed by atoms with Crippen molar-refractivity contribution >= 4 is 5.97 Å². The quantitative estimate of drug-likeness (QED) is 0.189. The summed E-state index contributed by atoms with van der Waals surface area (Å²) in [4.78, 5) is 12.5. The second kappa shape index (κ2) is 12.8. The number of carbonyl (C=O) groups is 1. The van der Waals surface area contributed by atoms with Gasteiger partial charge in [0.25, 0.3) is 0 Å². The first-order chi connectivity index (χ1) is 13.6. The SMILES string of the molecule is CCCCCC[C@H]1CC[C@H](C(=O)OC2CCC(/C=C/C=C(F)C#N)CC2)CC1. The molecule has 0 amide bonds. The predicted octanol–water partition coefficient (Wildman–Crippen LogP) is 6.80. The summed E-state index contributed by atoms with van der Waals surface area (Å²) in [6.45, 7) is 2.25. The van der Waals surface area contributed by atoms with Crippen molar-refractivity contribution in [1.82, 2.24) is 0 Å². The minimum absolute atomic E-state index is 0.0162. The van der Waals surface area contributed by atoms with Gasteiger partial charge in [0.1, 0.15) is 12.2 Å². The smallest absolute Gasteiger partial charge is 0.309 e. The minimum Gasteiger partial charge on any atom is -0.462 e. The van der Waals surface area contributed by atoms with Gasteiger partial charge in [0.2, 0.25) is 0 Å². The molecule has 3 nitrogen and oxygen atoms in total. The Balaban J connectivity index is 1.62. The highest BCUT2D eigenvalue weighted by Gasteiger charge is 2.30. The Hall–Kier alpha value is -1.63. The first kappa shape index (κ1) is 22.7. The lowest BCUT2D eigenvalue weighted by atomic mass is 9.79. The number of hydrogen-bond donors (Lipinski definition) is 0. The maximum Gasteiger partial charge on any atom is 0.309 e. The highest BCUT2D eigenvalue weighted by molar-refractivity contribution is 5.72. The molecule has 0 radical (unpaired) electrons. The van der Waals surface area contributed by atoms with Crippen molar-refractivity contribution in [3.8, 4) is 6.07 Å². The van der Waals surface area contributed by atoms with E-state index in [9.17, 15) is 9.18 Å². The maximum absolute atomic E-state index is 12.8. The molecule has 0 saturated heterocycles. The normalized spacial score (nSPS) is 28.8. The van der Waals surface area contributed by atoms with Gasteiger partial charge in [-0.2, -0.15) is 9.65 Å². The summed E-state index contributed by atoms with van der Waals surface area (Å²) >= 11 is 0. The van der Waals surface area contributed by atoms with Gasteiger partial charge in [-0.05, 0) is 69.3 Å². The van der Waals surface area contributed by atoms with Crippen LogP contribution in [0.25, 0.3) is 0 Å². The van der Waals surface area contributed by atoms with Crippen LogP contribution in [-0.4, -0.2) is 12.1 Å². The largest absolute Gasteiger partial charge is 0.462 e. The molecule has 2 aliphatic carbocycles. The zero-order valence-corrected chi connectivity index (χ0v) is 17.4. The molecule has 4 heteroatoms. The molecule has 28 heavy (non-hydrogen) atoms. The molecule has 2 rings (SSSR count). The molecule has 2 saturated carbocycles. The highest BCUT2D eigenvalue weighted by Crippen LogP contribution is 2.34. The zero-order valence-electron chi connectivity index (χ0n) is 17.4. The first-order valence-electron chi connectivity index (χ1n) is 11.3. The lowest BCUT2D eigenvalue weighted by Gasteiger charge is -2.31. The lowest BCUT2D eigenvalue weighted by Crippen LogP contribution is -2.29. The summed E-state index contributed by atoms with van der Waals surface area (Å²) in [5.41, 5.74) is 0. The van der Waals surface area contributed by atoms with E-state index < -0.39 is 5.83 Å². The number of nitriles is 1. The highest BCUT2D eigenvalue weighted by atomic mass is 19.1. The molecule has 0 aromatic carbocycles. The molecule has 156 valence electrons. The number of carbonyl (C=O) groups excluding carboxylic acids is 1. The Morgan fingerprint density at radius 1 is 1.07 bits per heavy atom. The average molecular weight is 390 g/mol. The fraction of sp³-hybridized carbons (Fsp3) is 0.750. The molecular weight excluding hydrogens is 353 g/mol. The topological polar surface area (TPSA) is 50.1 Å². The van der Waals surface area contributed by atoms with Crippen LogP contribution < -0.4 is 0 Å². The maximum atomic E-state index is 12.8. The van der Waals surface area contributed by atoms with Crippen LogP contribution in [-0.2, 0) is 9.53 Å². The summed E-state index contributed by atoms with van der Waals surface area (Å²) in [5, 5.41) is 8.39. The number of nitrogens with zero attached hydrogens (tertiary/aromatic N) is 1. The number of esters is 1. The van der Waals surface area contributed by atoms with E-state index in [4.69, 9.17) is 10.00 Å². The molecule has 0 N–H and O–H groups in total. The van der Waals surface area contributed by atoms with E-state index in [-0.39, 0.29) is 18.0 Å². The fourth-order valence-electron chi connectivity index (χ4n) is 4.54. The molecule has 2 aliphatic rings.